The number of carbonyl (C=O) groups is 1. The Kier molecular flexibility index (Phi) is 7.93. The van der Waals surface area contributed by atoms with E-state index in [0.717, 1.165) is 60.9 Å². The molecule has 0 spiro atoms. The number of nitrogens with one attached hydrogen (secondary N) is 1. The number of fused-ring (bicyclic) bond motifs is 1. The van der Waals surface area contributed by atoms with Crippen molar-refractivity contribution >= 4 is 17.5 Å². The predicted octanol–water partition coefficient (Wildman–Crippen LogP) is 5.57. The summed E-state index contributed by atoms with van der Waals surface area (Å²) in [6.07, 6.45) is -1.03. The minimum atomic E-state index is -0.759. The molecule has 2 atom stereocenters. The Hall–Kier alpha value is -3.94. The number of hydrogen-bond acceptors (Lipinski definition) is 5. The number of aliphatic imine (C=N–C) groups is 1. The van der Waals surface area contributed by atoms with Crippen molar-refractivity contribution in [3.8, 4) is 0 Å². The van der Waals surface area contributed by atoms with Gasteiger partial charge >= 0.3 is 6.09 Å². The predicted molar refractivity (Wildman–Crippen MR) is 145 cm³/mol. The lowest BCUT2D eigenvalue weighted by atomic mass is 10.0. The van der Waals surface area contributed by atoms with Gasteiger partial charge in [0.25, 0.3) is 0 Å². The topological polar surface area (TPSA) is 77.3 Å². The van der Waals surface area contributed by atoms with Crippen molar-refractivity contribution in [2.75, 3.05) is 32.8 Å². The second-order valence-corrected chi connectivity index (χ2v) is 9.06. The first-order chi connectivity index (χ1) is 18.2. The normalized spacial score (nSPS) is 18.5. The van der Waals surface area contributed by atoms with E-state index in [2.05, 4.69) is 22.1 Å². The monoisotopic (exact) mass is 495 g/mol. The number of rotatable bonds is 7. The molecular formula is C30H31N4O3-. The molecule has 0 aromatic heterocycles. The number of morpholine rings is 1. The van der Waals surface area contributed by atoms with Crippen LogP contribution in [0.5, 0.6) is 0 Å². The summed E-state index contributed by atoms with van der Waals surface area (Å²) in [7, 11) is 0. The van der Waals surface area contributed by atoms with Gasteiger partial charge in [-0.05, 0) is 11.1 Å². The van der Waals surface area contributed by atoms with Gasteiger partial charge in [0.2, 0.25) is 0 Å². The number of ether oxygens (including phenoxy) is 2. The average molecular weight is 496 g/mol. The number of carbonyl (C=O) groups excluding carboxylic acids is 1. The van der Waals surface area contributed by atoms with E-state index >= 15 is 0 Å². The van der Waals surface area contributed by atoms with Crippen molar-refractivity contribution in [1.29, 1.82) is 0 Å². The van der Waals surface area contributed by atoms with Crippen molar-refractivity contribution in [2.45, 2.75) is 18.7 Å². The van der Waals surface area contributed by atoms with Gasteiger partial charge in [-0.15, -0.1) is 18.0 Å². The molecule has 2 aliphatic heterocycles. The molecule has 2 heterocycles. The molecule has 2 aliphatic rings. The quantitative estimate of drug-likeness (QED) is 0.465. The minimum absolute atomic E-state index is 0.394. The second kappa shape index (κ2) is 11.9. The molecule has 1 saturated heterocycles. The Morgan fingerprint density at radius 2 is 1.70 bits per heavy atom. The van der Waals surface area contributed by atoms with Gasteiger partial charge in [-0.3, -0.25) is 15.2 Å². The van der Waals surface area contributed by atoms with Gasteiger partial charge in [0.15, 0.2) is 0 Å². The fourth-order valence-corrected chi connectivity index (χ4v) is 4.56. The van der Waals surface area contributed by atoms with Gasteiger partial charge in [0, 0.05) is 31.6 Å². The van der Waals surface area contributed by atoms with E-state index in [1.807, 2.05) is 84.9 Å². The van der Waals surface area contributed by atoms with E-state index in [-0.39, 0.29) is 0 Å². The van der Waals surface area contributed by atoms with Gasteiger partial charge < -0.3 is 14.8 Å². The zero-order valence-corrected chi connectivity index (χ0v) is 20.8. The molecule has 1 N–H and O–H groups in total. The van der Waals surface area contributed by atoms with Gasteiger partial charge in [-0.1, -0.05) is 84.9 Å². The molecular weight excluding hydrogens is 464 g/mol. The molecule has 0 aliphatic carbocycles. The zero-order valence-electron chi connectivity index (χ0n) is 20.8. The highest BCUT2D eigenvalue weighted by Crippen LogP contribution is 2.34. The standard InChI is InChI=1S/C30H32N4O3/c1-22-29(32-28(24-12-6-3-7-13-24)25-14-8-9-15-26(25)31-22)33-30(35)37-27(23-10-4-2-5-11-23)16-17-34-18-20-36-21-19-34/h2-15,27,29H,1,16-21H2,(H2,31,32,33,35)/p-1/t27-,29+/m1/s1. The summed E-state index contributed by atoms with van der Waals surface area (Å²) in [5, 5.41) is 7.59. The van der Waals surface area contributed by atoms with Crippen LogP contribution in [-0.2, 0) is 9.47 Å². The molecule has 7 nitrogen and oxygen atoms in total. The Balaban J connectivity index is 1.34. The Bertz CT molecular complexity index is 1240. The van der Waals surface area contributed by atoms with Crippen LogP contribution < -0.4 is 5.32 Å². The summed E-state index contributed by atoms with van der Waals surface area (Å²) < 4.78 is 11.4. The molecule has 1 fully saturated rings. The molecule has 0 saturated carbocycles. The Labute approximate surface area is 217 Å². The number of nitrogens with zero attached hydrogens (tertiary/aromatic N) is 3. The van der Waals surface area contributed by atoms with Gasteiger partial charge in [0.1, 0.15) is 12.3 Å². The third-order valence-corrected chi connectivity index (χ3v) is 6.53. The van der Waals surface area contributed by atoms with E-state index in [0.29, 0.717) is 12.1 Å². The molecule has 0 unspecified atom stereocenters. The lowest BCUT2D eigenvalue weighted by molar-refractivity contribution is 0.0266. The first-order valence-corrected chi connectivity index (χ1v) is 12.6. The van der Waals surface area contributed by atoms with Crippen LogP contribution in [0.2, 0.25) is 0 Å². The highest BCUT2D eigenvalue weighted by molar-refractivity contribution is 6.17. The maximum absolute atomic E-state index is 13.2. The van der Waals surface area contributed by atoms with Crippen LogP contribution in [0.3, 0.4) is 0 Å². The lowest BCUT2D eigenvalue weighted by Crippen LogP contribution is -2.38. The average Bonchev–Trinajstić information content (AvgIpc) is 3.08. The second-order valence-electron chi connectivity index (χ2n) is 9.06. The van der Waals surface area contributed by atoms with E-state index in [1.165, 1.54) is 0 Å². The highest BCUT2D eigenvalue weighted by Gasteiger charge is 2.23. The summed E-state index contributed by atoms with van der Waals surface area (Å²) in [5.74, 6) is 0. The molecule has 37 heavy (non-hydrogen) atoms. The number of alkyl carbamates (subject to hydrolysis) is 1. The third-order valence-electron chi connectivity index (χ3n) is 6.53. The number of hydrogen-bond donors (Lipinski definition) is 1. The van der Waals surface area contributed by atoms with Crippen LogP contribution >= 0.6 is 0 Å². The molecule has 7 heteroatoms. The van der Waals surface area contributed by atoms with Gasteiger partial charge in [-0.2, -0.15) is 0 Å². The van der Waals surface area contributed by atoms with Crippen molar-refractivity contribution in [3.63, 3.8) is 0 Å². The largest absolute Gasteiger partial charge is 0.658 e. The van der Waals surface area contributed by atoms with Crippen molar-refractivity contribution in [2.24, 2.45) is 4.99 Å². The van der Waals surface area contributed by atoms with Gasteiger partial charge in [0.05, 0.1) is 18.9 Å². The van der Waals surface area contributed by atoms with Gasteiger partial charge in [-0.25, -0.2) is 4.79 Å². The summed E-state index contributed by atoms with van der Waals surface area (Å²) in [6, 6.07) is 27.5. The fraction of sp³-hybridized carbons (Fsp3) is 0.267. The summed E-state index contributed by atoms with van der Waals surface area (Å²) in [5.41, 5.74) is 4.74. The van der Waals surface area contributed by atoms with E-state index < -0.39 is 18.4 Å². The molecule has 1 amide bonds. The number of benzene rings is 3. The molecule has 3 aromatic rings. The number of benzodiazepines with no additional fused rings is 1. The lowest BCUT2D eigenvalue weighted by Gasteiger charge is -2.30. The van der Waals surface area contributed by atoms with Crippen LogP contribution in [-0.4, -0.2) is 55.7 Å². The first-order valence-electron chi connectivity index (χ1n) is 12.6. The summed E-state index contributed by atoms with van der Waals surface area (Å²) in [4.78, 5) is 20.4. The maximum Gasteiger partial charge on any atom is 0.409 e. The number of amides is 1. The number of para-hydroxylation sites is 1. The minimum Gasteiger partial charge on any atom is -0.658 e. The van der Waals surface area contributed by atoms with Crippen LogP contribution in [0.25, 0.3) is 5.32 Å². The molecule has 3 aromatic carbocycles. The molecule has 5 rings (SSSR count). The van der Waals surface area contributed by atoms with E-state index in [4.69, 9.17) is 14.5 Å². The van der Waals surface area contributed by atoms with E-state index in [9.17, 15) is 4.79 Å². The van der Waals surface area contributed by atoms with Crippen molar-refractivity contribution in [3.05, 3.63) is 119 Å². The zero-order chi connectivity index (χ0) is 25.5. The van der Waals surface area contributed by atoms with Crippen LogP contribution in [0.15, 0.2) is 102 Å². The van der Waals surface area contributed by atoms with Crippen molar-refractivity contribution < 1.29 is 14.3 Å². The van der Waals surface area contributed by atoms with Crippen LogP contribution in [0.4, 0.5) is 10.5 Å². The Morgan fingerprint density at radius 3 is 2.46 bits per heavy atom. The smallest absolute Gasteiger partial charge is 0.409 e. The third kappa shape index (κ3) is 6.25. The van der Waals surface area contributed by atoms with Crippen molar-refractivity contribution in [1.82, 2.24) is 10.2 Å². The Morgan fingerprint density at radius 1 is 1.03 bits per heavy atom. The maximum atomic E-state index is 13.2. The van der Waals surface area contributed by atoms with Crippen LogP contribution in [0.1, 0.15) is 29.2 Å². The summed E-state index contributed by atoms with van der Waals surface area (Å²) >= 11 is 0. The SMILES string of the molecule is C=C1[N-]c2ccccc2C(c2ccccc2)=N[C@H]1NC(=O)O[C@H](CCN1CCOCC1)c1ccccc1. The highest BCUT2D eigenvalue weighted by atomic mass is 16.6. The first kappa shape index (κ1) is 24.7. The summed E-state index contributed by atoms with van der Waals surface area (Å²) in [6.45, 7) is 8.15. The molecule has 0 bridgehead atoms. The van der Waals surface area contributed by atoms with Crippen LogP contribution in [0, 0.1) is 0 Å². The molecule has 0 radical (unpaired) electrons. The molecule has 190 valence electrons. The fourth-order valence-electron chi connectivity index (χ4n) is 4.56. The van der Waals surface area contributed by atoms with E-state index in [1.54, 1.807) is 0 Å².